The Labute approximate surface area is 143 Å². The van der Waals surface area contributed by atoms with E-state index in [9.17, 15) is 9.59 Å². The number of benzene rings is 1. The molecule has 1 aromatic carbocycles. The first kappa shape index (κ1) is 18.2. The van der Waals surface area contributed by atoms with E-state index >= 15 is 0 Å². The van der Waals surface area contributed by atoms with Gasteiger partial charge in [-0.25, -0.2) is 0 Å². The number of anilines is 1. The Morgan fingerprint density at radius 1 is 1.21 bits per heavy atom. The highest BCUT2D eigenvalue weighted by molar-refractivity contribution is 6.01. The van der Waals surface area contributed by atoms with Crippen LogP contribution in [0.15, 0.2) is 35.9 Å². The molecule has 0 aliphatic carbocycles. The fourth-order valence-corrected chi connectivity index (χ4v) is 2.27. The smallest absolute Gasteiger partial charge is 0.254 e. The quantitative estimate of drug-likeness (QED) is 0.867. The number of allylic oxidation sites excluding steroid dienone is 1. The molecule has 0 spiro atoms. The zero-order chi connectivity index (χ0) is 17.7. The van der Waals surface area contributed by atoms with Crippen molar-refractivity contribution in [1.82, 2.24) is 4.90 Å². The predicted octanol–water partition coefficient (Wildman–Crippen LogP) is 3.09. The molecule has 130 valence electrons. The van der Waals surface area contributed by atoms with E-state index in [1.807, 2.05) is 6.92 Å². The van der Waals surface area contributed by atoms with Gasteiger partial charge < -0.3 is 15.0 Å². The van der Waals surface area contributed by atoms with E-state index in [-0.39, 0.29) is 17.2 Å². The van der Waals surface area contributed by atoms with Gasteiger partial charge in [0.2, 0.25) is 5.91 Å². The molecule has 0 radical (unpaired) electrons. The van der Waals surface area contributed by atoms with E-state index in [1.54, 1.807) is 35.2 Å². The number of nitrogens with zero attached hydrogens (tertiary/aromatic N) is 1. The molecule has 2 rings (SSSR count). The largest absolute Gasteiger partial charge is 0.378 e. The molecule has 24 heavy (non-hydrogen) atoms. The first-order chi connectivity index (χ1) is 11.3. The monoisotopic (exact) mass is 330 g/mol. The Bertz CT molecular complexity index is 638. The number of hydrogen-bond acceptors (Lipinski definition) is 3. The zero-order valence-electron chi connectivity index (χ0n) is 14.9. The maximum Gasteiger partial charge on any atom is 0.254 e. The maximum atomic E-state index is 12.5. The SMILES string of the molecule is CC(=CC(=O)Nc1cccc(C(=O)N2CCOCC2)c1)C(C)(C)C. The number of hydrogen-bond donors (Lipinski definition) is 1. The average molecular weight is 330 g/mol. The summed E-state index contributed by atoms with van der Waals surface area (Å²) in [6, 6.07) is 7.05. The lowest BCUT2D eigenvalue weighted by atomic mass is 9.87. The van der Waals surface area contributed by atoms with Gasteiger partial charge in [-0.05, 0) is 30.5 Å². The molecule has 5 nitrogen and oxygen atoms in total. The third kappa shape index (κ3) is 4.93. The molecular formula is C19H26N2O3. The van der Waals surface area contributed by atoms with Crippen LogP contribution in [0.3, 0.4) is 0 Å². The third-order valence-electron chi connectivity index (χ3n) is 4.21. The van der Waals surface area contributed by atoms with Gasteiger partial charge in [0.1, 0.15) is 0 Å². The molecule has 0 unspecified atom stereocenters. The van der Waals surface area contributed by atoms with Gasteiger partial charge in [0.25, 0.3) is 5.91 Å². The lowest BCUT2D eigenvalue weighted by Crippen LogP contribution is -2.40. The summed E-state index contributed by atoms with van der Waals surface area (Å²) in [5, 5.41) is 2.83. The van der Waals surface area contributed by atoms with E-state index in [0.29, 0.717) is 37.6 Å². The molecule has 0 bridgehead atoms. The van der Waals surface area contributed by atoms with Gasteiger partial charge in [-0.2, -0.15) is 0 Å². The molecule has 2 amide bonds. The Morgan fingerprint density at radius 3 is 2.50 bits per heavy atom. The Balaban J connectivity index is 2.07. The first-order valence-corrected chi connectivity index (χ1v) is 8.24. The van der Waals surface area contributed by atoms with Crippen LogP contribution in [0.2, 0.25) is 0 Å². The van der Waals surface area contributed by atoms with Crippen LogP contribution >= 0.6 is 0 Å². The molecule has 0 atom stereocenters. The van der Waals surface area contributed by atoms with Crippen molar-refractivity contribution < 1.29 is 14.3 Å². The van der Waals surface area contributed by atoms with Crippen molar-refractivity contribution in [2.45, 2.75) is 27.7 Å². The summed E-state index contributed by atoms with van der Waals surface area (Å²) in [4.78, 5) is 26.4. The number of morpholine rings is 1. The number of nitrogens with one attached hydrogen (secondary N) is 1. The van der Waals surface area contributed by atoms with E-state index in [4.69, 9.17) is 4.74 Å². The second kappa shape index (κ2) is 7.62. The summed E-state index contributed by atoms with van der Waals surface area (Å²) in [5.74, 6) is -0.214. The van der Waals surface area contributed by atoms with Crippen LogP contribution in [0.25, 0.3) is 0 Å². The highest BCUT2D eigenvalue weighted by Gasteiger charge is 2.19. The second-order valence-corrected chi connectivity index (χ2v) is 7.05. The van der Waals surface area contributed by atoms with Gasteiger partial charge in [-0.15, -0.1) is 0 Å². The summed E-state index contributed by atoms with van der Waals surface area (Å²) >= 11 is 0. The van der Waals surface area contributed by atoms with Crippen LogP contribution in [0.1, 0.15) is 38.1 Å². The van der Waals surface area contributed by atoms with Crippen molar-refractivity contribution in [1.29, 1.82) is 0 Å². The molecular weight excluding hydrogens is 304 g/mol. The van der Waals surface area contributed by atoms with Crippen LogP contribution in [0, 0.1) is 5.41 Å². The number of carbonyl (C=O) groups excluding carboxylic acids is 2. The molecule has 1 aromatic rings. The van der Waals surface area contributed by atoms with Gasteiger partial charge in [-0.3, -0.25) is 9.59 Å². The highest BCUT2D eigenvalue weighted by atomic mass is 16.5. The normalized spacial score (nSPS) is 16.0. The second-order valence-electron chi connectivity index (χ2n) is 7.05. The topological polar surface area (TPSA) is 58.6 Å². The molecule has 1 fully saturated rings. The van der Waals surface area contributed by atoms with Crippen molar-refractivity contribution in [3.8, 4) is 0 Å². The fraction of sp³-hybridized carbons (Fsp3) is 0.474. The third-order valence-corrected chi connectivity index (χ3v) is 4.21. The van der Waals surface area contributed by atoms with Crippen LogP contribution in [-0.2, 0) is 9.53 Å². The molecule has 0 aromatic heterocycles. The minimum absolute atomic E-state index is 0.0317. The van der Waals surface area contributed by atoms with Crippen LogP contribution < -0.4 is 5.32 Å². The zero-order valence-corrected chi connectivity index (χ0v) is 14.9. The molecule has 0 saturated carbocycles. The molecule has 1 saturated heterocycles. The standard InChI is InChI=1S/C19H26N2O3/c1-14(19(2,3)4)12-17(22)20-16-7-5-6-15(13-16)18(23)21-8-10-24-11-9-21/h5-7,12-13H,8-11H2,1-4H3,(H,20,22). The van der Waals surface area contributed by atoms with E-state index in [0.717, 1.165) is 5.57 Å². The van der Waals surface area contributed by atoms with E-state index in [1.165, 1.54) is 0 Å². The lowest BCUT2D eigenvalue weighted by Gasteiger charge is -2.27. The van der Waals surface area contributed by atoms with Crippen molar-refractivity contribution in [3.63, 3.8) is 0 Å². The molecule has 1 aliphatic rings. The fourth-order valence-electron chi connectivity index (χ4n) is 2.27. The van der Waals surface area contributed by atoms with Gasteiger partial charge in [0.05, 0.1) is 13.2 Å². The minimum Gasteiger partial charge on any atom is -0.378 e. The van der Waals surface area contributed by atoms with Crippen LogP contribution in [-0.4, -0.2) is 43.0 Å². The number of ether oxygens (including phenoxy) is 1. The summed E-state index contributed by atoms with van der Waals surface area (Å²) in [7, 11) is 0. The molecule has 1 N–H and O–H groups in total. The Hall–Kier alpha value is -2.14. The summed E-state index contributed by atoms with van der Waals surface area (Å²) in [6.07, 6.45) is 1.61. The lowest BCUT2D eigenvalue weighted by molar-refractivity contribution is -0.112. The maximum absolute atomic E-state index is 12.5. The van der Waals surface area contributed by atoms with Crippen molar-refractivity contribution in [3.05, 3.63) is 41.5 Å². The van der Waals surface area contributed by atoms with Crippen molar-refractivity contribution in [2.75, 3.05) is 31.6 Å². The summed E-state index contributed by atoms with van der Waals surface area (Å²) in [6.45, 7) is 10.5. The van der Waals surface area contributed by atoms with Crippen molar-refractivity contribution >= 4 is 17.5 Å². The van der Waals surface area contributed by atoms with E-state index < -0.39 is 0 Å². The summed E-state index contributed by atoms with van der Waals surface area (Å²) in [5.41, 5.74) is 2.15. The number of rotatable bonds is 3. The van der Waals surface area contributed by atoms with Crippen molar-refractivity contribution in [2.24, 2.45) is 5.41 Å². The molecule has 5 heteroatoms. The van der Waals surface area contributed by atoms with Gasteiger partial charge in [0.15, 0.2) is 0 Å². The predicted molar refractivity (Wildman–Crippen MR) is 95.0 cm³/mol. The number of amides is 2. The summed E-state index contributed by atoms with van der Waals surface area (Å²) < 4.78 is 5.27. The van der Waals surface area contributed by atoms with Gasteiger partial charge >= 0.3 is 0 Å². The number of carbonyl (C=O) groups is 2. The van der Waals surface area contributed by atoms with E-state index in [2.05, 4.69) is 26.1 Å². The molecule has 1 heterocycles. The van der Waals surface area contributed by atoms with Gasteiger partial charge in [0, 0.05) is 30.4 Å². The average Bonchev–Trinajstić information content (AvgIpc) is 2.54. The van der Waals surface area contributed by atoms with Crippen LogP contribution in [0.5, 0.6) is 0 Å². The Morgan fingerprint density at radius 2 is 1.88 bits per heavy atom. The Kier molecular flexibility index (Phi) is 5.78. The first-order valence-electron chi connectivity index (χ1n) is 8.24. The van der Waals surface area contributed by atoms with Crippen LogP contribution in [0.4, 0.5) is 5.69 Å². The highest BCUT2D eigenvalue weighted by Crippen LogP contribution is 2.24. The molecule has 1 aliphatic heterocycles. The minimum atomic E-state index is -0.182. The van der Waals surface area contributed by atoms with Gasteiger partial charge in [-0.1, -0.05) is 32.4 Å².